The van der Waals surface area contributed by atoms with Gasteiger partial charge in [-0.3, -0.25) is 0 Å². The second kappa shape index (κ2) is 5.84. The van der Waals surface area contributed by atoms with Gasteiger partial charge in [0.15, 0.2) is 11.3 Å². The molecule has 0 bridgehead atoms. The van der Waals surface area contributed by atoms with E-state index in [0.29, 0.717) is 11.0 Å². The van der Waals surface area contributed by atoms with E-state index in [1.54, 1.807) is 0 Å². The van der Waals surface area contributed by atoms with Crippen LogP contribution < -0.4 is 0 Å². The number of rotatable bonds is 3. The first kappa shape index (κ1) is 14.6. The molecule has 0 N–H and O–H groups in total. The van der Waals surface area contributed by atoms with Crippen molar-refractivity contribution < 1.29 is 19.1 Å². The number of carbonyl (C=O) groups excluding carboxylic acids is 2. The maximum absolute atomic E-state index is 11.9. The quantitative estimate of drug-likeness (QED) is 0.674. The fraction of sp³-hybridized carbons (Fsp3) is 0.133. The van der Waals surface area contributed by atoms with Crippen LogP contribution in [0.5, 0.6) is 0 Å². The molecule has 0 spiro atoms. The summed E-state index contributed by atoms with van der Waals surface area (Å²) >= 11 is 0. The van der Waals surface area contributed by atoms with E-state index in [1.807, 2.05) is 30.3 Å². The van der Waals surface area contributed by atoms with Crippen LogP contribution in [0.25, 0.3) is 16.7 Å². The number of methoxy groups -OCH3 is 2. The van der Waals surface area contributed by atoms with Crippen LogP contribution >= 0.6 is 0 Å². The molecule has 8 nitrogen and oxygen atoms in total. The minimum absolute atomic E-state index is 0.0416. The van der Waals surface area contributed by atoms with Crippen LogP contribution in [-0.2, 0) is 9.47 Å². The van der Waals surface area contributed by atoms with Crippen molar-refractivity contribution in [2.24, 2.45) is 0 Å². The zero-order chi connectivity index (χ0) is 16.4. The third-order valence-corrected chi connectivity index (χ3v) is 3.18. The standard InChI is InChI=1S/C15H12N4O4/c1-22-14(20)11-10-8-16-19(9-6-4-3-5-7-9)13(10)18-12(17-11)15(21)23-2/h3-8H,1-2H3. The van der Waals surface area contributed by atoms with Gasteiger partial charge in [0.1, 0.15) is 0 Å². The first-order chi connectivity index (χ1) is 11.2. The molecule has 2 heterocycles. The highest BCUT2D eigenvalue weighted by Gasteiger charge is 2.22. The van der Waals surface area contributed by atoms with Gasteiger partial charge in [-0.2, -0.15) is 5.10 Å². The minimum atomic E-state index is -0.752. The van der Waals surface area contributed by atoms with Crippen LogP contribution in [0.15, 0.2) is 36.5 Å². The number of fused-ring (bicyclic) bond motifs is 1. The summed E-state index contributed by atoms with van der Waals surface area (Å²) in [6.07, 6.45) is 1.45. The van der Waals surface area contributed by atoms with E-state index in [1.165, 1.54) is 25.1 Å². The molecule has 1 aromatic carbocycles. The molecule has 3 aromatic rings. The summed E-state index contributed by atoms with van der Waals surface area (Å²) < 4.78 is 10.8. The van der Waals surface area contributed by atoms with Crippen LogP contribution in [0, 0.1) is 0 Å². The molecule has 0 fully saturated rings. The predicted octanol–water partition coefficient (Wildman–Crippen LogP) is 1.39. The lowest BCUT2D eigenvalue weighted by Crippen LogP contribution is -2.14. The van der Waals surface area contributed by atoms with E-state index in [-0.39, 0.29) is 11.5 Å². The third-order valence-electron chi connectivity index (χ3n) is 3.18. The summed E-state index contributed by atoms with van der Waals surface area (Å²) in [4.78, 5) is 31.8. The van der Waals surface area contributed by atoms with Gasteiger partial charge in [0.05, 0.1) is 31.5 Å². The highest BCUT2D eigenvalue weighted by Crippen LogP contribution is 2.20. The van der Waals surface area contributed by atoms with Crippen LogP contribution in [0.2, 0.25) is 0 Å². The highest BCUT2D eigenvalue weighted by molar-refractivity contribution is 6.02. The minimum Gasteiger partial charge on any atom is -0.464 e. The Bertz CT molecular complexity index is 889. The monoisotopic (exact) mass is 312 g/mol. The van der Waals surface area contributed by atoms with Crippen LogP contribution in [0.4, 0.5) is 0 Å². The average molecular weight is 312 g/mol. The molecular formula is C15H12N4O4. The van der Waals surface area contributed by atoms with Crippen LogP contribution in [0.3, 0.4) is 0 Å². The summed E-state index contributed by atoms with van der Waals surface area (Å²) in [6.45, 7) is 0. The molecule has 0 aliphatic carbocycles. The van der Waals surface area contributed by atoms with Crippen molar-refractivity contribution in [2.45, 2.75) is 0 Å². The van der Waals surface area contributed by atoms with Gasteiger partial charge >= 0.3 is 11.9 Å². The number of para-hydroxylation sites is 1. The molecule has 3 rings (SSSR count). The summed E-state index contributed by atoms with van der Waals surface area (Å²) in [5, 5.41) is 4.61. The lowest BCUT2D eigenvalue weighted by Gasteiger charge is -2.06. The van der Waals surface area contributed by atoms with E-state index in [4.69, 9.17) is 4.74 Å². The molecule has 2 aromatic heterocycles. The van der Waals surface area contributed by atoms with Gasteiger partial charge < -0.3 is 9.47 Å². The Kier molecular flexibility index (Phi) is 3.71. The van der Waals surface area contributed by atoms with E-state index in [2.05, 4.69) is 19.8 Å². The number of hydrogen-bond donors (Lipinski definition) is 0. The Morgan fingerprint density at radius 1 is 1.00 bits per heavy atom. The van der Waals surface area contributed by atoms with Crippen molar-refractivity contribution in [2.75, 3.05) is 14.2 Å². The van der Waals surface area contributed by atoms with Crippen molar-refractivity contribution in [3.63, 3.8) is 0 Å². The van der Waals surface area contributed by atoms with Crippen molar-refractivity contribution in [1.82, 2.24) is 19.7 Å². The molecule has 0 radical (unpaired) electrons. The summed E-state index contributed by atoms with van der Waals surface area (Å²) in [5.74, 6) is -1.67. The molecule has 116 valence electrons. The second-order valence-corrected chi connectivity index (χ2v) is 4.51. The van der Waals surface area contributed by atoms with Gasteiger partial charge in [-0.25, -0.2) is 24.2 Å². The van der Waals surface area contributed by atoms with E-state index >= 15 is 0 Å². The lowest BCUT2D eigenvalue weighted by atomic mass is 10.2. The van der Waals surface area contributed by atoms with E-state index in [9.17, 15) is 9.59 Å². The zero-order valence-corrected chi connectivity index (χ0v) is 12.4. The van der Waals surface area contributed by atoms with Gasteiger partial charge in [0.25, 0.3) is 0 Å². The van der Waals surface area contributed by atoms with Gasteiger partial charge in [0.2, 0.25) is 5.82 Å². The lowest BCUT2D eigenvalue weighted by molar-refractivity contribution is 0.0582. The molecule has 0 unspecified atom stereocenters. The Morgan fingerprint density at radius 3 is 2.35 bits per heavy atom. The average Bonchev–Trinajstić information content (AvgIpc) is 3.04. The normalized spacial score (nSPS) is 10.5. The fourth-order valence-electron chi connectivity index (χ4n) is 2.10. The number of benzene rings is 1. The molecule has 0 aliphatic heterocycles. The molecule has 0 saturated carbocycles. The van der Waals surface area contributed by atoms with Crippen molar-refractivity contribution >= 4 is 23.0 Å². The largest absolute Gasteiger partial charge is 0.464 e. The Hall–Kier alpha value is -3.29. The molecular weight excluding hydrogens is 300 g/mol. The summed E-state index contributed by atoms with van der Waals surface area (Å²) in [5.41, 5.74) is 1.000. The smallest absolute Gasteiger partial charge is 0.376 e. The number of esters is 2. The highest BCUT2D eigenvalue weighted by atomic mass is 16.5. The van der Waals surface area contributed by atoms with E-state index in [0.717, 1.165) is 5.69 Å². The topological polar surface area (TPSA) is 96.2 Å². The van der Waals surface area contributed by atoms with E-state index < -0.39 is 11.9 Å². The maximum atomic E-state index is 11.9. The SMILES string of the molecule is COC(=O)c1nc(C(=O)OC)c2cnn(-c3ccccc3)c2n1. The predicted molar refractivity (Wildman–Crippen MR) is 79.3 cm³/mol. The third kappa shape index (κ3) is 2.50. The molecule has 23 heavy (non-hydrogen) atoms. The van der Waals surface area contributed by atoms with Gasteiger partial charge in [-0.05, 0) is 12.1 Å². The molecule has 0 aliphatic rings. The first-order valence-corrected chi connectivity index (χ1v) is 6.63. The van der Waals surface area contributed by atoms with Crippen molar-refractivity contribution in [3.05, 3.63) is 48.0 Å². The van der Waals surface area contributed by atoms with Crippen molar-refractivity contribution in [3.8, 4) is 5.69 Å². The number of aromatic nitrogens is 4. The summed E-state index contributed by atoms with van der Waals surface area (Å²) in [7, 11) is 2.44. The second-order valence-electron chi connectivity index (χ2n) is 4.51. The van der Waals surface area contributed by atoms with Gasteiger partial charge in [-0.15, -0.1) is 0 Å². The van der Waals surface area contributed by atoms with Crippen LogP contribution in [0.1, 0.15) is 21.1 Å². The Labute approximate surface area is 130 Å². The molecule has 0 atom stereocenters. The van der Waals surface area contributed by atoms with Gasteiger partial charge in [-0.1, -0.05) is 18.2 Å². The fourth-order valence-corrected chi connectivity index (χ4v) is 2.10. The van der Waals surface area contributed by atoms with Crippen molar-refractivity contribution in [1.29, 1.82) is 0 Å². The Morgan fingerprint density at radius 2 is 1.70 bits per heavy atom. The Balaban J connectivity index is 2.30. The summed E-state index contributed by atoms with van der Waals surface area (Å²) in [6, 6.07) is 9.19. The molecule has 0 saturated heterocycles. The number of nitrogens with zero attached hydrogens (tertiary/aromatic N) is 4. The van der Waals surface area contributed by atoms with Gasteiger partial charge in [0, 0.05) is 0 Å². The number of ether oxygens (including phenoxy) is 2. The number of carbonyl (C=O) groups is 2. The number of hydrogen-bond acceptors (Lipinski definition) is 7. The first-order valence-electron chi connectivity index (χ1n) is 6.63. The zero-order valence-electron chi connectivity index (χ0n) is 12.4. The van der Waals surface area contributed by atoms with Crippen LogP contribution in [-0.4, -0.2) is 45.9 Å². The molecule has 8 heteroatoms. The maximum Gasteiger partial charge on any atom is 0.376 e. The molecule has 0 amide bonds.